The van der Waals surface area contributed by atoms with Crippen molar-refractivity contribution >= 4 is 11.4 Å². The molecule has 0 radical (unpaired) electrons. The van der Waals surface area contributed by atoms with Crippen LogP contribution in [0.5, 0.6) is 0 Å². The molecule has 0 spiro atoms. The summed E-state index contributed by atoms with van der Waals surface area (Å²) in [6.07, 6.45) is 2.45. The molecule has 0 unspecified atom stereocenters. The summed E-state index contributed by atoms with van der Waals surface area (Å²) < 4.78 is 0. The normalized spacial score (nSPS) is 15.8. The van der Waals surface area contributed by atoms with Crippen molar-refractivity contribution in [2.24, 2.45) is 0 Å². The third kappa shape index (κ3) is 1.57. The maximum Gasteiger partial charge on any atom is 0.0421 e. The molecule has 1 aliphatic heterocycles. The van der Waals surface area contributed by atoms with Crippen LogP contribution in [0.2, 0.25) is 0 Å². The lowest BCUT2D eigenvalue weighted by molar-refractivity contribution is 0.626. The summed E-state index contributed by atoms with van der Waals surface area (Å²) in [5.74, 6) is 0. The average molecular weight is 190 g/mol. The molecule has 1 aromatic carbocycles. The summed E-state index contributed by atoms with van der Waals surface area (Å²) in [5, 5.41) is 0. The average Bonchev–Trinajstić information content (AvgIpc) is 2.16. The summed E-state index contributed by atoms with van der Waals surface area (Å²) in [6.45, 7) is 5.63. The van der Waals surface area contributed by atoms with E-state index in [4.69, 9.17) is 5.73 Å². The van der Waals surface area contributed by atoms with E-state index in [1.807, 2.05) is 6.07 Å². The second-order valence-electron chi connectivity index (χ2n) is 4.28. The highest BCUT2D eigenvalue weighted by Crippen LogP contribution is 2.30. The van der Waals surface area contributed by atoms with Crippen molar-refractivity contribution in [3.8, 4) is 0 Å². The van der Waals surface area contributed by atoms with Gasteiger partial charge < -0.3 is 10.6 Å². The minimum absolute atomic E-state index is 0.566. The SMILES string of the molecule is CC(C)N1CCCc2ccc(N)cc21. The Labute approximate surface area is 85.7 Å². The van der Waals surface area contributed by atoms with Crippen LogP contribution in [0, 0.1) is 0 Å². The van der Waals surface area contributed by atoms with E-state index in [-0.39, 0.29) is 0 Å². The lowest BCUT2D eigenvalue weighted by Gasteiger charge is -2.34. The standard InChI is InChI=1S/C12H18N2/c1-9(2)14-7-3-4-10-5-6-11(13)8-12(10)14/h5-6,8-9H,3-4,7,13H2,1-2H3. The summed E-state index contributed by atoms with van der Waals surface area (Å²) in [7, 11) is 0. The first-order chi connectivity index (χ1) is 6.68. The van der Waals surface area contributed by atoms with Crippen molar-refractivity contribution < 1.29 is 0 Å². The number of benzene rings is 1. The highest BCUT2D eigenvalue weighted by molar-refractivity contribution is 5.62. The number of nitrogens with zero attached hydrogens (tertiary/aromatic N) is 1. The van der Waals surface area contributed by atoms with Gasteiger partial charge in [-0.2, -0.15) is 0 Å². The molecule has 0 saturated carbocycles. The molecule has 1 aromatic rings. The van der Waals surface area contributed by atoms with Crippen molar-refractivity contribution in [1.82, 2.24) is 0 Å². The lowest BCUT2D eigenvalue weighted by atomic mass is 10.00. The predicted octanol–water partition coefficient (Wildman–Crippen LogP) is 2.43. The van der Waals surface area contributed by atoms with E-state index in [0.717, 1.165) is 12.2 Å². The maximum atomic E-state index is 5.82. The first-order valence-corrected chi connectivity index (χ1v) is 5.33. The highest BCUT2D eigenvalue weighted by Gasteiger charge is 2.18. The van der Waals surface area contributed by atoms with Crippen LogP contribution in [0.3, 0.4) is 0 Å². The van der Waals surface area contributed by atoms with E-state index in [2.05, 4.69) is 30.9 Å². The van der Waals surface area contributed by atoms with Gasteiger partial charge in [-0.3, -0.25) is 0 Å². The largest absolute Gasteiger partial charge is 0.399 e. The second kappa shape index (κ2) is 3.52. The molecular weight excluding hydrogens is 172 g/mol. The molecule has 0 aliphatic carbocycles. The Morgan fingerprint density at radius 1 is 1.36 bits per heavy atom. The monoisotopic (exact) mass is 190 g/mol. The second-order valence-corrected chi connectivity index (χ2v) is 4.28. The first-order valence-electron chi connectivity index (χ1n) is 5.33. The number of rotatable bonds is 1. The van der Waals surface area contributed by atoms with Crippen molar-refractivity contribution in [3.63, 3.8) is 0 Å². The molecule has 0 aromatic heterocycles. The van der Waals surface area contributed by atoms with E-state index < -0.39 is 0 Å². The zero-order valence-corrected chi connectivity index (χ0v) is 8.96. The Kier molecular flexibility index (Phi) is 2.36. The van der Waals surface area contributed by atoms with Crippen LogP contribution < -0.4 is 10.6 Å². The van der Waals surface area contributed by atoms with Gasteiger partial charge in [0.25, 0.3) is 0 Å². The summed E-state index contributed by atoms with van der Waals surface area (Å²) in [4.78, 5) is 2.44. The molecule has 0 atom stereocenters. The van der Waals surface area contributed by atoms with Crippen LogP contribution in [0.1, 0.15) is 25.8 Å². The minimum atomic E-state index is 0.566. The van der Waals surface area contributed by atoms with E-state index in [0.29, 0.717) is 6.04 Å². The molecule has 0 bridgehead atoms. The molecule has 2 heteroatoms. The van der Waals surface area contributed by atoms with Crippen LogP contribution in [0.4, 0.5) is 11.4 Å². The molecule has 1 aliphatic rings. The molecule has 2 N–H and O–H groups in total. The number of fused-ring (bicyclic) bond motifs is 1. The van der Waals surface area contributed by atoms with Gasteiger partial charge in [0.1, 0.15) is 0 Å². The van der Waals surface area contributed by atoms with Crippen molar-refractivity contribution in [2.75, 3.05) is 17.2 Å². The van der Waals surface area contributed by atoms with E-state index >= 15 is 0 Å². The number of anilines is 2. The van der Waals surface area contributed by atoms with Crippen molar-refractivity contribution in [1.29, 1.82) is 0 Å². The number of hydrogen-bond acceptors (Lipinski definition) is 2. The number of nitrogen functional groups attached to an aromatic ring is 1. The molecule has 0 fully saturated rings. The summed E-state index contributed by atoms with van der Waals surface area (Å²) >= 11 is 0. The predicted molar refractivity (Wildman–Crippen MR) is 61.7 cm³/mol. The third-order valence-corrected chi connectivity index (χ3v) is 2.89. The topological polar surface area (TPSA) is 29.3 Å². The Morgan fingerprint density at radius 2 is 2.14 bits per heavy atom. The Bertz CT molecular complexity index is 331. The van der Waals surface area contributed by atoms with Gasteiger partial charge in [0.05, 0.1) is 0 Å². The van der Waals surface area contributed by atoms with Crippen LogP contribution >= 0.6 is 0 Å². The smallest absolute Gasteiger partial charge is 0.0421 e. The Morgan fingerprint density at radius 3 is 2.86 bits per heavy atom. The van der Waals surface area contributed by atoms with Crippen molar-refractivity contribution in [2.45, 2.75) is 32.7 Å². The van der Waals surface area contributed by atoms with Gasteiger partial charge in [-0.05, 0) is 44.4 Å². The highest BCUT2D eigenvalue weighted by atomic mass is 15.2. The first kappa shape index (κ1) is 9.38. The van der Waals surface area contributed by atoms with Gasteiger partial charge in [-0.1, -0.05) is 6.07 Å². The van der Waals surface area contributed by atoms with Gasteiger partial charge >= 0.3 is 0 Å². The van der Waals surface area contributed by atoms with E-state index in [9.17, 15) is 0 Å². The molecule has 1 heterocycles. The number of nitrogens with two attached hydrogens (primary N) is 1. The van der Waals surface area contributed by atoms with Crippen LogP contribution in [-0.4, -0.2) is 12.6 Å². The molecular formula is C12H18N2. The fourth-order valence-corrected chi connectivity index (χ4v) is 2.16. The van der Waals surface area contributed by atoms with Gasteiger partial charge in [-0.15, -0.1) is 0 Å². The fraction of sp³-hybridized carbons (Fsp3) is 0.500. The van der Waals surface area contributed by atoms with Gasteiger partial charge in [0.15, 0.2) is 0 Å². The van der Waals surface area contributed by atoms with Gasteiger partial charge in [0, 0.05) is 24.0 Å². The summed E-state index contributed by atoms with van der Waals surface area (Å²) in [5.41, 5.74) is 9.47. The van der Waals surface area contributed by atoms with Crippen molar-refractivity contribution in [3.05, 3.63) is 23.8 Å². The molecule has 2 nitrogen and oxygen atoms in total. The van der Waals surface area contributed by atoms with Crippen LogP contribution in [0.15, 0.2) is 18.2 Å². The van der Waals surface area contributed by atoms with E-state index in [1.165, 1.54) is 24.1 Å². The van der Waals surface area contributed by atoms with Gasteiger partial charge in [0.2, 0.25) is 0 Å². The molecule has 14 heavy (non-hydrogen) atoms. The zero-order valence-electron chi connectivity index (χ0n) is 8.96. The molecule has 0 amide bonds. The maximum absolute atomic E-state index is 5.82. The molecule has 0 saturated heterocycles. The summed E-state index contributed by atoms with van der Waals surface area (Å²) in [6, 6.07) is 6.84. The van der Waals surface area contributed by atoms with Crippen LogP contribution in [-0.2, 0) is 6.42 Å². The third-order valence-electron chi connectivity index (χ3n) is 2.89. The molecule has 2 rings (SSSR count). The fourth-order valence-electron chi connectivity index (χ4n) is 2.16. The lowest BCUT2D eigenvalue weighted by Crippen LogP contribution is -2.35. The zero-order chi connectivity index (χ0) is 10.1. The Hall–Kier alpha value is -1.18. The van der Waals surface area contributed by atoms with Gasteiger partial charge in [-0.25, -0.2) is 0 Å². The quantitative estimate of drug-likeness (QED) is 0.689. The Balaban J connectivity index is 2.41. The number of aryl methyl sites for hydroxylation is 1. The minimum Gasteiger partial charge on any atom is -0.399 e. The number of hydrogen-bond donors (Lipinski definition) is 1. The van der Waals surface area contributed by atoms with Crippen LogP contribution in [0.25, 0.3) is 0 Å². The van der Waals surface area contributed by atoms with E-state index in [1.54, 1.807) is 0 Å². The molecule has 76 valence electrons.